The Hall–Kier alpha value is -2.43. The zero-order valence-electron chi connectivity index (χ0n) is 17.9. The Balaban J connectivity index is 1.41. The first kappa shape index (κ1) is 21.8. The molecular weight excluding hydrogens is 420 g/mol. The van der Waals surface area contributed by atoms with E-state index in [0.29, 0.717) is 56.3 Å². The van der Waals surface area contributed by atoms with Crippen molar-refractivity contribution in [1.29, 1.82) is 0 Å². The van der Waals surface area contributed by atoms with Crippen LogP contribution in [0.3, 0.4) is 0 Å². The van der Waals surface area contributed by atoms with Crippen LogP contribution < -0.4 is 4.74 Å². The molecule has 9 nitrogen and oxygen atoms in total. The highest BCUT2D eigenvalue weighted by Crippen LogP contribution is 2.24. The van der Waals surface area contributed by atoms with E-state index in [2.05, 4.69) is 5.16 Å². The van der Waals surface area contributed by atoms with Crippen molar-refractivity contribution in [2.24, 2.45) is 0 Å². The zero-order chi connectivity index (χ0) is 22.0. The van der Waals surface area contributed by atoms with Gasteiger partial charge in [-0.15, -0.1) is 0 Å². The average molecular weight is 449 g/mol. The smallest absolute Gasteiger partial charge is 0.282 e. The van der Waals surface area contributed by atoms with E-state index >= 15 is 0 Å². The SMILES string of the molecule is Cc1noc(C)c1COc1ccccc1C(=O)N1CCN(S(=O)(=O)N2CCCC2)CC1. The summed E-state index contributed by atoms with van der Waals surface area (Å²) in [4.78, 5) is 14.9. The highest BCUT2D eigenvalue weighted by Gasteiger charge is 2.35. The Morgan fingerprint density at radius 1 is 1.03 bits per heavy atom. The summed E-state index contributed by atoms with van der Waals surface area (Å²) in [5.74, 6) is 1.02. The van der Waals surface area contributed by atoms with E-state index in [-0.39, 0.29) is 12.5 Å². The number of piperazine rings is 1. The van der Waals surface area contributed by atoms with Crippen molar-refractivity contribution in [3.8, 4) is 5.75 Å². The van der Waals surface area contributed by atoms with Gasteiger partial charge in [-0.05, 0) is 38.8 Å². The molecule has 2 fully saturated rings. The molecule has 1 amide bonds. The third kappa shape index (κ3) is 4.46. The summed E-state index contributed by atoms with van der Waals surface area (Å²) in [5.41, 5.74) is 2.09. The largest absolute Gasteiger partial charge is 0.488 e. The summed E-state index contributed by atoms with van der Waals surface area (Å²) in [5, 5.41) is 3.93. The quantitative estimate of drug-likeness (QED) is 0.670. The van der Waals surface area contributed by atoms with E-state index in [4.69, 9.17) is 9.26 Å². The lowest BCUT2D eigenvalue weighted by atomic mass is 10.1. The lowest BCUT2D eigenvalue weighted by molar-refractivity contribution is 0.0689. The summed E-state index contributed by atoms with van der Waals surface area (Å²) in [6, 6.07) is 7.11. The summed E-state index contributed by atoms with van der Waals surface area (Å²) < 4.78 is 39.7. The van der Waals surface area contributed by atoms with E-state index in [1.807, 2.05) is 19.9 Å². The number of nitrogens with zero attached hydrogens (tertiary/aromatic N) is 4. The van der Waals surface area contributed by atoms with Crippen molar-refractivity contribution in [2.75, 3.05) is 39.3 Å². The maximum atomic E-state index is 13.2. The fourth-order valence-corrected chi connectivity index (χ4v) is 5.67. The highest BCUT2D eigenvalue weighted by molar-refractivity contribution is 7.86. The molecule has 2 aliphatic rings. The number of carbonyl (C=O) groups is 1. The van der Waals surface area contributed by atoms with Crippen LogP contribution in [0.1, 0.15) is 40.2 Å². The summed E-state index contributed by atoms with van der Waals surface area (Å²) in [7, 11) is -3.44. The minimum atomic E-state index is -3.44. The normalized spacial score (nSPS) is 18.5. The molecule has 2 aliphatic heterocycles. The van der Waals surface area contributed by atoms with Crippen LogP contribution in [0.4, 0.5) is 0 Å². The molecule has 168 valence electrons. The number of carbonyl (C=O) groups excluding carboxylic acids is 1. The molecule has 2 aromatic rings. The van der Waals surface area contributed by atoms with Crippen LogP contribution in [0.2, 0.25) is 0 Å². The van der Waals surface area contributed by atoms with Gasteiger partial charge in [-0.25, -0.2) is 0 Å². The molecule has 0 saturated carbocycles. The van der Waals surface area contributed by atoms with E-state index in [1.54, 1.807) is 27.4 Å². The first-order valence-corrected chi connectivity index (χ1v) is 12.0. The molecule has 10 heteroatoms. The number of ether oxygens (including phenoxy) is 1. The van der Waals surface area contributed by atoms with Crippen LogP contribution in [0.25, 0.3) is 0 Å². The second-order valence-corrected chi connectivity index (χ2v) is 9.82. The number of amides is 1. The first-order valence-electron chi connectivity index (χ1n) is 10.6. The molecular formula is C21H28N4O5S. The van der Waals surface area contributed by atoms with Gasteiger partial charge in [0.2, 0.25) is 0 Å². The lowest BCUT2D eigenvalue weighted by Crippen LogP contribution is -2.53. The van der Waals surface area contributed by atoms with E-state index in [1.165, 1.54) is 4.31 Å². The van der Waals surface area contributed by atoms with E-state index in [9.17, 15) is 13.2 Å². The summed E-state index contributed by atoms with van der Waals surface area (Å²) in [6.45, 7) is 6.39. The fourth-order valence-electron chi connectivity index (χ4n) is 4.00. The molecule has 1 aromatic carbocycles. The van der Waals surface area contributed by atoms with E-state index < -0.39 is 10.2 Å². The third-order valence-electron chi connectivity index (χ3n) is 5.91. The zero-order valence-corrected chi connectivity index (χ0v) is 18.7. The molecule has 1 aromatic heterocycles. The van der Waals surface area contributed by atoms with Gasteiger partial charge < -0.3 is 14.2 Å². The molecule has 31 heavy (non-hydrogen) atoms. The third-order valence-corrected chi connectivity index (χ3v) is 7.95. The first-order chi connectivity index (χ1) is 14.9. The monoisotopic (exact) mass is 448 g/mol. The maximum absolute atomic E-state index is 13.2. The van der Waals surface area contributed by atoms with Crippen LogP contribution in [0.5, 0.6) is 5.75 Å². The molecule has 2 saturated heterocycles. The van der Waals surface area contributed by atoms with Gasteiger partial charge in [0, 0.05) is 39.3 Å². The van der Waals surface area contributed by atoms with Crippen molar-refractivity contribution < 1.29 is 22.5 Å². The van der Waals surface area contributed by atoms with Gasteiger partial charge >= 0.3 is 0 Å². The number of aromatic nitrogens is 1. The number of benzene rings is 1. The summed E-state index contributed by atoms with van der Waals surface area (Å²) >= 11 is 0. The predicted octanol–water partition coefficient (Wildman–Crippen LogP) is 1.97. The van der Waals surface area contributed by atoms with Gasteiger partial charge in [0.1, 0.15) is 18.1 Å². The predicted molar refractivity (Wildman–Crippen MR) is 114 cm³/mol. The minimum Gasteiger partial charge on any atom is -0.488 e. The fraction of sp³-hybridized carbons (Fsp3) is 0.524. The number of rotatable bonds is 6. The molecule has 0 atom stereocenters. The van der Waals surface area contributed by atoms with Crippen molar-refractivity contribution in [3.63, 3.8) is 0 Å². The number of para-hydroxylation sites is 1. The number of aryl methyl sites for hydroxylation is 2. The van der Waals surface area contributed by atoms with E-state index in [0.717, 1.165) is 24.1 Å². The second-order valence-electron chi connectivity index (χ2n) is 7.89. The van der Waals surface area contributed by atoms with Crippen molar-refractivity contribution >= 4 is 16.1 Å². The van der Waals surface area contributed by atoms with Crippen LogP contribution in [-0.4, -0.2) is 72.3 Å². The molecule has 0 bridgehead atoms. The standard InChI is InChI=1S/C21H28N4O5S/c1-16-19(17(2)30-22-16)15-29-20-8-4-3-7-18(20)21(26)23-11-13-25(14-12-23)31(27,28)24-9-5-6-10-24/h3-4,7-8H,5-6,9-15H2,1-2H3. The average Bonchev–Trinajstić information content (AvgIpc) is 3.43. The second kappa shape index (κ2) is 8.97. The number of hydrogen-bond acceptors (Lipinski definition) is 6. The Morgan fingerprint density at radius 2 is 1.68 bits per heavy atom. The van der Waals surface area contributed by atoms with Gasteiger partial charge in [-0.3, -0.25) is 4.79 Å². The van der Waals surface area contributed by atoms with Gasteiger partial charge in [0.05, 0.1) is 16.8 Å². The molecule has 0 aliphatic carbocycles. The topological polar surface area (TPSA) is 96.2 Å². The highest BCUT2D eigenvalue weighted by atomic mass is 32.2. The van der Waals surface area contributed by atoms with Crippen molar-refractivity contribution in [2.45, 2.75) is 33.3 Å². The van der Waals surface area contributed by atoms with Crippen molar-refractivity contribution in [1.82, 2.24) is 18.7 Å². The van der Waals surface area contributed by atoms with Crippen LogP contribution in [0.15, 0.2) is 28.8 Å². The molecule has 0 spiro atoms. The number of hydrogen-bond donors (Lipinski definition) is 0. The van der Waals surface area contributed by atoms with Crippen LogP contribution >= 0.6 is 0 Å². The Kier molecular flexibility index (Phi) is 6.31. The maximum Gasteiger partial charge on any atom is 0.282 e. The van der Waals surface area contributed by atoms with Gasteiger partial charge in [-0.2, -0.15) is 17.0 Å². The minimum absolute atomic E-state index is 0.160. The Morgan fingerprint density at radius 3 is 2.32 bits per heavy atom. The van der Waals surface area contributed by atoms with Crippen molar-refractivity contribution in [3.05, 3.63) is 46.8 Å². The van der Waals surface area contributed by atoms with Crippen LogP contribution in [-0.2, 0) is 16.8 Å². The Bertz CT molecular complexity index is 1020. The molecule has 0 unspecified atom stereocenters. The molecule has 0 N–H and O–H groups in total. The van der Waals surface area contributed by atoms with Gasteiger partial charge in [0.25, 0.3) is 16.1 Å². The Labute approximate surface area is 182 Å². The van der Waals surface area contributed by atoms with Gasteiger partial charge in [-0.1, -0.05) is 17.3 Å². The lowest BCUT2D eigenvalue weighted by Gasteiger charge is -2.36. The summed E-state index contributed by atoms with van der Waals surface area (Å²) in [6.07, 6.45) is 1.81. The van der Waals surface area contributed by atoms with Gasteiger partial charge in [0.15, 0.2) is 0 Å². The molecule has 3 heterocycles. The molecule has 0 radical (unpaired) electrons. The molecule has 4 rings (SSSR count). The van der Waals surface area contributed by atoms with Crippen LogP contribution in [0, 0.1) is 13.8 Å².